The minimum atomic E-state index is -1.09. The van der Waals surface area contributed by atoms with Crippen LogP contribution < -0.4 is 10.2 Å². The maximum Gasteiger partial charge on any atom is 0.494 e. The Bertz CT molecular complexity index is 529. The molecule has 0 aromatic heterocycles. The lowest BCUT2D eigenvalue weighted by atomic mass is 9.79. The summed E-state index contributed by atoms with van der Waals surface area (Å²) in [6.07, 6.45) is 0. The number of nitrogens with one attached hydrogen (secondary N) is 1. The van der Waals surface area contributed by atoms with Crippen molar-refractivity contribution in [1.82, 2.24) is 0 Å². The maximum absolute atomic E-state index is 11.9. The molecule has 1 aliphatic heterocycles. The monoisotopic (exact) mass is 309 g/mol. The zero-order valence-corrected chi connectivity index (χ0v) is 14.4. The summed E-state index contributed by atoms with van der Waals surface area (Å²) in [4.78, 5) is 0. The van der Waals surface area contributed by atoms with Gasteiger partial charge in [0.15, 0.2) is 0 Å². The van der Waals surface area contributed by atoms with Gasteiger partial charge in [0, 0.05) is 10.9 Å². The third kappa shape index (κ3) is 3.50. The van der Waals surface area contributed by atoms with E-state index >= 15 is 0 Å². The third-order valence-corrected chi connectivity index (χ3v) is 5.35. The largest absolute Gasteiger partial charge is 0.494 e. The van der Waals surface area contributed by atoms with Crippen molar-refractivity contribution < 1.29 is 13.5 Å². The fourth-order valence-corrected chi connectivity index (χ4v) is 2.56. The van der Waals surface area contributed by atoms with Gasteiger partial charge in [-0.3, -0.25) is 0 Å². The molecule has 0 bridgehead atoms. The summed E-state index contributed by atoms with van der Waals surface area (Å²) in [5, 5.41) is 0.0607. The Hall–Kier alpha value is -0.845. The van der Waals surface area contributed by atoms with E-state index in [0.29, 0.717) is 0 Å². The van der Waals surface area contributed by atoms with Crippen molar-refractivity contribution in [2.75, 3.05) is 4.72 Å². The second-order valence-electron chi connectivity index (χ2n) is 6.66. The molecule has 0 aliphatic carbocycles. The number of hydrogen-bond donors (Lipinski definition) is 1. The number of anilines is 1. The average molecular weight is 309 g/mol. The van der Waals surface area contributed by atoms with E-state index in [1.807, 2.05) is 65.8 Å². The van der Waals surface area contributed by atoms with Crippen molar-refractivity contribution in [3.63, 3.8) is 0 Å². The summed E-state index contributed by atoms with van der Waals surface area (Å²) >= 11 is 0. The van der Waals surface area contributed by atoms with Gasteiger partial charge in [-0.1, -0.05) is 12.1 Å². The highest BCUT2D eigenvalue weighted by atomic mass is 32.2. The van der Waals surface area contributed by atoms with Crippen LogP contribution in [0.15, 0.2) is 24.3 Å². The van der Waals surface area contributed by atoms with Gasteiger partial charge >= 0.3 is 7.12 Å². The molecule has 1 aliphatic rings. The van der Waals surface area contributed by atoms with E-state index in [9.17, 15) is 4.21 Å². The Morgan fingerprint density at radius 3 is 2.24 bits per heavy atom. The van der Waals surface area contributed by atoms with E-state index in [1.54, 1.807) is 0 Å². The Kier molecular flexibility index (Phi) is 4.52. The molecule has 4 nitrogen and oxygen atoms in total. The summed E-state index contributed by atoms with van der Waals surface area (Å²) in [6, 6.07) is 7.71. The quantitative estimate of drug-likeness (QED) is 0.869. The minimum Gasteiger partial charge on any atom is -0.399 e. The lowest BCUT2D eigenvalue weighted by Crippen LogP contribution is -2.41. The molecule has 0 radical (unpaired) electrons. The Labute approximate surface area is 130 Å². The van der Waals surface area contributed by atoms with Gasteiger partial charge in [0.2, 0.25) is 0 Å². The van der Waals surface area contributed by atoms with Gasteiger partial charge in [0.1, 0.15) is 11.0 Å². The van der Waals surface area contributed by atoms with E-state index < -0.39 is 18.1 Å². The third-order valence-electron chi connectivity index (χ3n) is 4.06. The van der Waals surface area contributed by atoms with Crippen molar-refractivity contribution in [2.24, 2.45) is 0 Å². The molecule has 2 rings (SSSR count). The van der Waals surface area contributed by atoms with Crippen LogP contribution in [-0.2, 0) is 20.3 Å². The van der Waals surface area contributed by atoms with Gasteiger partial charge < -0.3 is 14.0 Å². The fourth-order valence-electron chi connectivity index (χ4n) is 1.96. The van der Waals surface area contributed by atoms with Gasteiger partial charge in [-0.05, 0) is 59.1 Å². The highest BCUT2D eigenvalue weighted by molar-refractivity contribution is 7.86. The van der Waals surface area contributed by atoms with Crippen LogP contribution in [0.25, 0.3) is 0 Å². The number of hydrogen-bond acceptors (Lipinski definition) is 3. The van der Waals surface area contributed by atoms with Crippen molar-refractivity contribution in [1.29, 1.82) is 0 Å². The smallest absolute Gasteiger partial charge is 0.399 e. The van der Waals surface area contributed by atoms with Gasteiger partial charge in [0.25, 0.3) is 0 Å². The molecule has 0 spiro atoms. The standard InChI is InChI=1S/C15H24BNO3S/c1-11(2)21(18)17-13-9-7-8-12(10-13)16-19-14(3,4)15(5,6)20-16/h7-11,17H,1-6H3. The molecular weight excluding hydrogens is 285 g/mol. The van der Waals surface area contributed by atoms with Crippen LogP contribution >= 0.6 is 0 Å². The molecule has 0 amide bonds. The molecule has 21 heavy (non-hydrogen) atoms. The zero-order valence-electron chi connectivity index (χ0n) is 13.6. The first-order valence-corrected chi connectivity index (χ1v) is 8.46. The van der Waals surface area contributed by atoms with Crippen molar-refractivity contribution >= 4 is 29.3 Å². The van der Waals surface area contributed by atoms with Gasteiger partial charge in [0.05, 0.1) is 11.2 Å². The molecule has 6 heteroatoms. The predicted octanol–water partition coefficient (Wildman–Crippen LogP) is 2.47. The van der Waals surface area contributed by atoms with Crippen molar-refractivity contribution in [3.05, 3.63) is 24.3 Å². The van der Waals surface area contributed by atoms with Crippen LogP contribution in [0.3, 0.4) is 0 Å². The molecule has 1 N–H and O–H groups in total. The molecule has 1 fully saturated rings. The summed E-state index contributed by atoms with van der Waals surface area (Å²) in [6.45, 7) is 12.0. The van der Waals surface area contributed by atoms with Crippen LogP contribution in [0, 0.1) is 0 Å². The lowest BCUT2D eigenvalue weighted by molar-refractivity contribution is 0.00578. The lowest BCUT2D eigenvalue weighted by Gasteiger charge is -2.32. The average Bonchev–Trinajstić information content (AvgIpc) is 2.58. The number of benzene rings is 1. The zero-order chi connectivity index (χ0) is 15.8. The van der Waals surface area contributed by atoms with Gasteiger partial charge in [-0.2, -0.15) is 0 Å². The predicted molar refractivity (Wildman–Crippen MR) is 89.1 cm³/mol. The molecule has 1 heterocycles. The molecule has 1 aromatic carbocycles. The molecule has 0 saturated carbocycles. The molecule has 116 valence electrons. The summed E-state index contributed by atoms with van der Waals surface area (Å²) in [5.41, 5.74) is 1.03. The molecule has 1 saturated heterocycles. The molecule has 1 unspecified atom stereocenters. The van der Waals surface area contributed by atoms with Crippen molar-refractivity contribution in [3.8, 4) is 0 Å². The molecular formula is C15H24BNO3S. The first-order valence-electron chi connectivity index (χ1n) is 7.25. The SMILES string of the molecule is CC(C)S(=O)Nc1cccc(B2OC(C)(C)C(C)(C)O2)c1. The maximum atomic E-state index is 11.9. The van der Waals surface area contributed by atoms with Crippen LogP contribution in [-0.4, -0.2) is 27.8 Å². The fraction of sp³-hybridized carbons (Fsp3) is 0.600. The van der Waals surface area contributed by atoms with Crippen LogP contribution in [0.1, 0.15) is 41.5 Å². The molecule has 1 atom stereocenters. The molecule has 1 aromatic rings. The van der Waals surface area contributed by atoms with Crippen LogP contribution in [0.5, 0.6) is 0 Å². The van der Waals surface area contributed by atoms with E-state index in [0.717, 1.165) is 11.2 Å². The van der Waals surface area contributed by atoms with Crippen LogP contribution in [0.2, 0.25) is 0 Å². The van der Waals surface area contributed by atoms with Crippen molar-refractivity contribution in [2.45, 2.75) is 58.0 Å². The Morgan fingerprint density at radius 1 is 1.14 bits per heavy atom. The van der Waals surface area contributed by atoms with Gasteiger partial charge in [-0.15, -0.1) is 0 Å². The van der Waals surface area contributed by atoms with E-state index in [-0.39, 0.29) is 16.5 Å². The first-order chi connectivity index (χ1) is 9.62. The summed E-state index contributed by atoms with van der Waals surface area (Å²) < 4.78 is 27.0. The van der Waals surface area contributed by atoms with E-state index in [2.05, 4.69) is 4.72 Å². The Balaban J connectivity index is 2.18. The second-order valence-corrected chi connectivity index (χ2v) is 8.40. The minimum absolute atomic E-state index is 0.0607. The first kappa shape index (κ1) is 16.5. The topological polar surface area (TPSA) is 47.6 Å². The normalized spacial score (nSPS) is 21.6. The van der Waals surface area contributed by atoms with Gasteiger partial charge in [-0.25, -0.2) is 4.21 Å². The van der Waals surface area contributed by atoms with E-state index in [1.165, 1.54) is 0 Å². The summed E-state index contributed by atoms with van der Waals surface area (Å²) in [5.74, 6) is 0. The second kappa shape index (κ2) is 5.74. The highest BCUT2D eigenvalue weighted by Crippen LogP contribution is 2.36. The Morgan fingerprint density at radius 2 is 1.71 bits per heavy atom. The van der Waals surface area contributed by atoms with Crippen LogP contribution in [0.4, 0.5) is 5.69 Å². The number of rotatable bonds is 4. The highest BCUT2D eigenvalue weighted by Gasteiger charge is 2.51. The van der Waals surface area contributed by atoms with E-state index in [4.69, 9.17) is 9.31 Å². The summed E-state index contributed by atoms with van der Waals surface area (Å²) in [7, 11) is -1.49.